The molecule has 0 saturated heterocycles. The molecular weight excluding hydrogens is 216 g/mol. The van der Waals surface area contributed by atoms with Crippen LogP contribution in [0.4, 0.5) is 8.78 Å². The molecule has 0 heterocycles. The van der Waals surface area contributed by atoms with Gasteiger partial charge in [-0.2, -0.15) is 0 Å². The van der Waals surface area contributed by atoms with Gasteiger partial charge >= 0.3 is 0 Å². The monoisotopic (exact) mass is 231 g/mol. The second-order valence-electron chi connectivity index (χ2n) is 3.63. The number of aliphatic hydroxyl groups excluding tert-OH is 1. The van der Waals surface area contributed by atoms with Crippen molar-refractivity contribution in [3.8, 4) is 5.75 Å². The zero-order valence-corrected chi connectivity index (χ0v) is 9.21. The summed E-state index contributed by atoms with van der Waals surface area (Å²) in [5, 5.41) is 8.93. The van der Waals surface area contributed by atoms with Gasteiger partial charge in [-0.15, -0.1) is 0 Å². The molecule has 0 saturated carbocycles. The number of halogens is 2. The molecule has 90 valence electrons. The molecule has 0 amide bonds. The Morgan fingerprint density at radius 3 is 2.56 bits per heavy atom. The number of ether oxygens (including phenoxy) is 1. The van der Waals surface area contributed by atoms with Crippen LogP contribution >= 0.6 is 0 Å². The molecule has 0 spiro atoms. The number of nitrogens with two attached hydrogens (primary N) is 1. The molecule has 0 aromatic heterocycles. The van der Waals surface area contributed by atoms with E-state index < -0.39 is 12.0 Å². The number of benzene rings is 1. The lowest BCUT2D eigenvalue weighted by Crippen LogP contribution is -2.17. The van der Waals surface area contributed by atoms with Gasteiger partial charge in [-0.05, 0) is 18.2 Å². The molecule has 5 heteroatoms. The normalized spacial score (nSPS) is 13.6. The molecule has 1 aromatic rings. The predicted molar refractivity (Wildman–Crippen MR) is 56.6 cm³/mol. The highest BCUT2D eigenvalue weighted by Gasteiger charge is 2.26. The predicted octanol–water partition coefficient (Wildman–Crippen LogP) is 1.80. The van der Waals surface area contributed by atoms with Crippen LogP contribution in [0.15, 0.2) is 18.2 Å². The number of alkyl halides is 2. The fourth-order valence-corrected chi connectivity index (χ4v) is 1.40. The summed E-state index contributed by atoms with van der Waals surface area (Å²) >= 11 is 0. The van der Waals surface area contributed by atoms with Crippen molar-refractivity contribution in [2.45, 2.75) is 18.9 Å². The van der Waals surface area contributed by atoms with Crippen molar-refractivity contribution in [2.75, 3.05) is 13.7 Å². The first-order valence-electron chi connectivity index (χ1n) is 4.82. The molecule has 3 N–H and O–H groups in total. The molecule has 0 radical (unpaired) electrons. The van der Waals surface area contributed by atoms with E-state index in [4.69, 9.17) is 15.6 Å². The van der Waals surface area contributed by atoms with Crippen LogP contribution in [0.1, 0.15) is 24.1 Å². The van der Waals surface area contributed by atoms with Crippen LogP contribution in [0, 0.1) is 0 Å². The summed E-state index contributed by atoms with van der Waals surface area (Å²) in [6, 6.07) is 3.25. The molecule has 0 aliphatic rings. The number of methoxy groups -OCH3 is 1. The molecule has 1 atom stereocenters. The zero-order chi connectivity index (χ0) is 12.3. The van der Waals surface area contributed by atoms with E-state index in [1.54, 1.807) is 0 Å². The van der Waals surface area contributed by atoms with Crippen molar-refractivity contribution in [3.05, 3.63) is 29.3 Å². The Morgan fingerprint density at radius 2 is 2.12 bits per heavy atom. The summed E-state index contributed by atoms with van der Waals surface area (Å²) in [6.07, 6.45) is 0. The zero-order valence-electron chi connectivity index (χ0n) is 9.21. The fourth-order valence-electron chi connectivity index (χ4n) is 1.40. The van der Waals surface area contributed by atoms with Crippen molar-refractivity contribution in [1.82, 2.24) is 0 Å². The van der Waals surface area contributed by atoms with Gasteiger partial charge in [-0.1, -0.05) is 0 Å². The van der Waals surface area contributed by atoms with E-state index in [0.29, 0.717) is 11.3 Å². The lowest BCUT2D eigenvalue weighted by atomic mass is 10.0. The molecule has 0 aliphatic carbocycles. The Balaban J connectivity index is 3.21. The van der Waals surface area contributed by atoms with Crippen LogP contribution < -0.4 is 10.5 Å². The van der Waals surface area contributed by atoms with Gasteiger partial charge in [0.25, 0.3) is 5.92 Å². The van der Waals surface area contributed by atoms with Crippen molar-refractivity contribution >= 4 is 0 Å². The second-order valence-corrected chi connectivity index (χ2v) is 3.63. The Labute approximate surface area is 92.8 Å². The van der Waals surface area contributed by atoms with Crippen molar-refractivity contribution in [3.63, 3.8) is 0 Å². The summed E-state index contributed by atoms with van der Waals surface area (Å²) in [5.41, 5.74) is 5.84. The molecule has 3 nitrogen and oxygen atoms in total. The number of rotatable bonds is 4. The van der Waals surface area contributed by atoms with E-state index in [9.17, 15) is 8.78 Å². The number of hydrogen-bond donors (Lipinski definition) is 2. The van der Waals surface area contributed by atoms with Gasteiger partial charge in [0.15, 0.2) is 0 Å². The molecular formula is C11H15F2NO2. The average molecular weight is 231 g/mol. The van der Waals surface area contributed by atoms with Crippen LogP contribution in [0.2, 0.25) is 0 Å². The SMILES string of the molecule is COc1ccc(C(C)(F)F)cc1C(N)CO. The van der Waals surface area contributed by atoms with E-state index in [0.717, 1.165) is 6.92 Å². The Hall–Kier alpha value is -1.20. The lowest BCUT2D eigenvalue weighted by molar-refractivity contribution is 0.0173. The van der Waals surface area contributed by atoms with Gasteiger partial charge in [0.2, 0.25) is 0 Å². The van der Waals surface area contributed by atoms with E-state index in [-0.39, 0.29) is 12.2 Å². The first-order chi connectivity index (χ1) is 7.40. The Kier molecular flexibility index (Phi) is 3.83. The minimum absolute atomic E-state index is 0.146. The summed E-state index contributed by atoms with van der Waals surface area (Å²) in [4.78, 5) is 0. The highest BCUT2D eigenvalue weighted by atomic mass is 19.3. The molecule has 16 heavy (non-hydrogen) atoms. The van der Waals surface area contributed by atoms with Crippen LogP contribution in [0.5, 0.6) is 5.75 Å². The van der Waals surface area contributed by atoms with E-state index in [1.807, 2.05) is 0 Å². The quantitative estimate of drug-likeness (QED) is 0.830. The Bertz CT molecular complexity index is 363. The second kappa shape index (κ2) is 4.76. The van der Waals surface area contributed by atoms with Crippen LogP contribution in [0.3, 0.4) is 0 Å². The van der Waals surface area contributed by atoms with Crippen LogP contribution in [-0.2, 0) is 5.92 Å². The van der Waals surface area contributed by atoms with Gasteiger partial charge in [0.1, 0.15) is 5.75 Å². The standard InChI is InChI=1S/C11H15F2NO2/c1-11(12,13)7-3-4-10(16-2)8(5-7)9(14)6-15/h3-5,9,15H,6,14H2,1-2H3. The van der Waals surface area contributed by atoms with E-state index >= 15 is 0 Å². The van der Waals surface area contributed by atoms with E-state index in [1.165, 1.54) is 25.3 Å². The molecule has 1 unspecified atom stereocenters. The third-order valence-corrected chi connectivity index (χ3v) is 2.33. The molecule has 1 rings (SSSR count). The lowest BCUT2D eigenvalue weighted by Gasteiger charge is -2.17. The molecule has 0 bridgehead atoms. The molecule has 0 aliphatic heterocycles. The summed E-state index contributed by atoms with van der Waals surface area (Å²) < 4.78 is 31.2. The largest absolute Gasteiger partial charge is 0.496 e. The van der Waals surface area contributed by atoms with Gasteiger partial charge in [0, 0.05) is 18.1 Å². The van der Waals surface area contributed by atoms with Crippen LogP contribution in [0.25, 0.3) is 0 Å². The molecule has 0 fully saturated rings. The topological polar surface area (TPSA) is 55.5 Å². The minimum Gasteiger partial charge on any atom is -0.496 e. The van der Waals surface area contributed by atoms with Crippen molar-refractivity contribution < 1.29 is 18.6 Å². The Morgan fingerprint density at radius 1 is 1.50 bits per heavy atom. The van der Waals surface area contributed by atoms with E-state index in [2.05, 4.69) is 0 Å². The van der Waals surface area contributed by atoms with Gasteiger partial charge in [0.05, 0.1) is 19.8 Å². The van der Waals surface area contributed by atoms with Gasteiger partial charge in [-0.3, -0.25) is 0 Å². The average Bonchev–Trinajstić information content (AvgIpc) is 2.25. The first-order valence-corrected chi connectivity index (χ1v) is 4.82. The fraction of sp³-hybridized carbons (Fsp3) is 0.455. The number of aliphatic hydroxyl groups is 1. The highest BCUT2D eigenvalue weighted by molar-refractivity contribution is 5.40. The third kappa shape index (κ3) is 2.68. The highest BCUT2D eigenvalue weighted by Crippen LogP contribution is 2.32. The van der Waals surface area contributed by atoms with Crippen molar-refractivity contribution in [2.24, 2.45) is 5.73 Å². The first kappa shape index (κ1) is 12.9. The number of hydrogen-bond acceptors (Lipinski definition) is 3. The summed E-state index contributed by atoms with van der Waals surface area (Å²) in [5.74, 6) is -2.54. The smallest absolute Gasteiger partial charge is 0.270 e. The van der Waals surface area contributed by atoms with Gasteiger partial charge < -0.3 is 15.6 Å². The third-order valence-electron chi connectivity index (χ3n) is 2.33. The minimum atomic E-state index is -2.93. The maximum absolute atomic E-state index is 13.1. The summed E-state index contributed by atoms with van der Waals surface area (Å²) in [6.45, 7) is 0.484. The maximum Gasteiger partial charge on any atom is 0.270 e. The van der Waals surface area contributed by atoms with Crippen molar-refractivity contribution in [1.29, 1.82) is 0 Å². The van der Waals surface area contributed by atoms with Crippen LogP contribution in [-0.4, -0.2) is 18.8 Å². The van der Waals surface area contributed by atoms with Gasteiger partial charge in [-0.25, -0.2) is 8.78 Å². The molecule has 1 aromatic carbocycles. The maximum atomic E-state index is 13.1. The summed E-state index contributed by atoms with van der Waals surface area (Å²) in [7, 11) is 1.42.